The molecule has 0 saturated carbocycles. The Kier molecular flexibility index (Phi) is 3.99. The summed E-state index contributed by atoms with van der Waals surface area (Å²) in [5, 5.41) is 10.7. The number of hydrogen-bond acceptors (Lipinski definition) is 4. The van der Waals surface area contributed by atoms with E-state index in [1.807, 2.05) is 6.92 Å². The Morgan fingerprint density at radius 1 is 1.50 bits per heavy atom. The molecule has 0 spiro atoms. The number of carbonyl (C=O) groups excluding carboxylic acids is 1. The highest BCUT2D eigenvalue weighted by Crippen LogP contribution is 2.19. The highest BCUT2D eigenvalue weighted by molar-refractivity contribution is 5.93. The lowest BCUT2D eigenvalue weighted by Crippen LogP contribution is -2.15. The van der Waals surface area contributed by atoms with Gasteiger partial charge in [0.15, 0.2) is 0 Å². The summed E-state index contributed by atoms with van der Waals surface area (Å²) in [6, 6.07) is 5.76. The highest BCUT2D eigenvalue weighted by atomic mass is 16.6. The van der Waals surface area contributed by atoms with Crippen LogP contribution in [0.4, 0.5) is 5.69 Å². The zero-order valence-corrected chi connectivity index (χ0v) is 9.17. The van der Waals surface area contributed by atoms with E-state index in [1.54, 1.807) is 13.0 Å². The summed E-state index contributed by atoms with van der Waals surface area (Å²) in [4.78, 5) is 21.7. The molecular formula is C11H13NO4. The fraction of sp³-hybridized carbons (Fsp3) is 0.364. The van der Waals surface area contributed by atoms with E-state index in [-0.39, 0.29) is 17.4 Å². The van der Waals surface area contributed by atoms with Crippen molar-refractivity contribution in [1.82, 2.24) is 0 Å². The third kappa shape index (κ3) is 2.79. The molecule has 0 aliphatic rings. The van der Waals surface area contributed by atoms with Crippen molar-refractivity contribution in [2.24, 2.45) is 0 Å². The van der Waals surface area contributed by atoms with E-state index < -0.39 is 10.9 Å². The van der Waals surface area contributed by atoms with Crippen LogP contribution in [0.25, 0.3) is 0 Å². The van der Waals surface area contributed by atoms with Gasteiger partial charge in [0.1, 0.15) is 5.56 Å². The number of para-hydroxylation sites is 1. The number of nitro benzene ring substituents is 1. The van der Waals surface area contributed by atoms with Gasteiger partial charge in [0.2, 0.25) is 0 Å². The van der Waals surface area contributed by atoms with Crippen molar-refractivity contribution < 1.29 is 14.5 Å². The number of benzene rings is 1. The molecule has 0 amide bonds. The van der Waals surface area contributed by atoms with Gasteiger partial charge >= 0.3 is 5.97 Å². The van der Waals surface area contributed by atoms with Gasteiger partial charge in [-0.3, -0.25) is 10.1 Å². The van der Waals surface area contributed by atoms with E-state index in [0.717, 1.165) is 0 Å². The van der Waals surface area contributed by atoms with Crippen LogP contribution in [-0.2, 0) is 4.74 Å². The maximum atomic E-state index is 11.6. The molecule has 1 unspecified atom stereocenters. The topological polar surface area (TPSA) is 69.4 Å². The Morgan fingerprint density at radius 3 is 2.69 bits per heavy atom. The third-order valence-corrected chi connectivity index (χ3v) is 2.20. The molecule has 5 heteroatoms. The van der Waals surface area contributed by atoms with Gasteiger partial charge < -0.3 is 4.74 Å². The van der Waals surface area contributed by atoms with Crippen molar-refractivity contribution in [2.45, 2.75) is 26.4 Å². The zero-order valence-electron chi connectivity index (χ0n) is 9.17. The molecule has 5 nitrogen and oxygen atoms in total. The van der Waals surface area contributed by atoms with Crippen LogP contribution in [0.1, 0.15) is 30.6 Å². The normalized spacial score (nSPS) is 11.9. The van der Waals surface area contributed by atoms with Gasteiger partial charge in [0, 0.05) is 6.07 Å². The maximum absolute atomic E-state index is 11.6. The largest absolute Gasteiger partial charge is 0.459 e. The van der Waals surface area contributed by atoms with Crippen molar-refractivity contribution in [3.63, 3.8) is 0 Å². The first-order chi connectivity index (χ1) is 7.56. The number of hydrogen-bond donors (Lipinski definition) is 0. The minimum Gasteiger partial charge on any atom is -0.459 e. The number of rotatable bonds is 4. The van der Waals surface area contributed by atoms with Crippen molar-refractivity contribution in [1.29, 1.82) is 0 Å². The first-order valence-corrected chi connectivity index (χ1v) is 5.00. The second-order valence-electron chi connectivity index (χ2n) is 3.40. The lowest BCUT2D eigenvalue weighted by Gasteiger charge is -2.10. The van der Waals surface area contributed by atoms with E-state index in [4.69, 9.17) is 4.74 Å². The molecule has 0 bridgehead atoms. The molecule has 0 aromatic heterocycles. The van der Waals surface area contributed by atoms with Crippen molar-refractivity contribution >= 4 is 11.7 Å². The summed E-state index contributed by atoms with van der Waals surface area (Å²) in [6.07, 6.45) is 0.430. The number of nitro groups is 1. The quantitative estimate of drug-likeness (QED) is 0.447. The highest BCUT2D eigenvalue weighted by Gasteiger charge is 2.21. The SMILES string of the molecule is CCC(C)OC(=O)c1ccccc1[N+](=O)[O-]. The molecule has 16 heavy (non-hydrogen) atoms. The van der Waals surface area contributed by atoms with Crippen LogP contribution in [0.2, 0.25) is 0 Å². The average Bonchev–Trinajstić information content (AvgIpc) is 2.28. The molecule has 0 heterocycles. The number of ether oxygens (including phenoxy) is 1. The standard InChI is InChI=1S/C11H13NO4/c1-3-8(2)16-11(13)9-6-4-5-7-10(9)12(14)15/h4-8H,3H2,1-2H3. The van der Waals surface area contributed by atoms with E-state index in [1.165, 1.54) is 18.2 Å². The maximum Gasteiger partial charge on any atom is 0.345 e. The lowest BCUT2D eigenvalue weighted by molar-refractivity contribution is -0.385. The van der Waals surface area contributed by atoms with Crippen molar-refractivity contribution in [3.05, 3.63) is 39.9 Å². The average molecular weight is 223 g/mol. The smallest absolute Gasteiger partial charge is 0.345 e. The lowest BCUT2D eigenvalue weighted by atomic mass is 10.2. The molecular weight excluding hydrogens is 210 g/mol. The number of nitrogens with zero attached hydrogens (tertiary/aromatic N) is 1. The Balaban J connectivity index is 2.95. The minimum absolute atomic E-state index is 0.00667. The summed E-state index contributed by atoms with van der Waals surface area (Å²) in [7, 11) is 0. The summed E-state index contributed by atoms with van der Waals surface area (Å²) < 4.78 is 5.03. The van der Waals surface area contributed by atoms with Gasteiger partial charge in [-0.15, -0.1) is 0 Å². The summed E-state index contributed by atoms with van der Waals surface area (Å²) in [5.41, 5.74) is -0.233. The summed E-state index contributed by atoms with van der Waals surface area (Å²) in [6.45, 7) is 3.62. The molecule has 0 N–H and O–H groups in total. The first kappa shape index (κ1) is 12.2. The third-order valence-electron chi connectivity index (χ3n) is 2.20. The van der Waals surface area contributed by atoms with Gasteiger partial charge in [-0.25, -0.2) is 4.79 Å². The molecule has 0 aliphatic carbocycles. The predicted molar refractivity (Wildman–Crippen MR) is 58.3 cm³/mol. The zero-order chi connectivity index (χ0) is 12.1. The van der Waals surface area contributed by atoms with Crippen LogP contribution in [-0.4, -0.2) is 17.0 Å². The van der Waals surface area contributed by atoms with Crippen LogP contribution in [0.3, 0.4) is 0 Å². The van der Waals surface area contributed by atoms with Crippen LogP contribution in [0.5, 0.6) is 0 Å². The molecule has 0 radical (unpaired) electrons. The Labute approximate surface area is 93.2 Å². The number of carbonyl (C=O) groups is 1. The van der Waals surface area contributed by atoms with Gasteiger partial charge in [-0.05, 0) is 19.4 Å². The fourth-order valence-electron chi connectivity index (χ4n) is 1.14. The Morgan fingerprint density at radius 2 is 2.12 bits per heavy atom. The van der Waals surface area contributed by atoms with E-state index in [2.05, 4.69) is 0 Å². The van der Waals surface area contributed by atoms with E-state index in [9.17, 15) is 14.9 Å². The molecule has 0 aliphatic heterocycles. The van der Waals surface area contributed by atoms with Crippen LogP contribution in [0, 0.1) is 10.1 Å². The Bertz CT molecular complexity index is 403. The van der Waals surface area contributed by atoms with Crippen LogP contribution in [0.15, 0.2) is 24.3 Å². The number of esters is 1. The van der Waals surface area contributed by atoms with Crippen molar-refractivity contribution in [3.8, 4) is 0 Å². The van der Waals surface area contributed by atoms with Crippen molar-refractivity contribution in [2.75, 3.05) is 0 Å². The predicted octanol–water partition coefficient (Wildman–Crippen LogP) is 2.55. The van der Waals surface area contributed by atoms with Gasteiger partial charge in [-0.2, -0.15) is 0 Å². The van der Waals surface area contributed by atoms with Gasteiger partial charge in [0.25, 0.3) is 5.69 Å². The van der Waals surface area contributed by atoms with E-state index >= 15 is 0 Å². The van der Waals surface area contributed by atoms with E-state index in [0.29, 0.717) is 6.42 Å². The first-order valence-electron chi connectivity index (χ1n) is 5.00. The molecule has 0 saturated heterocycles. The second-order valence-corrected chi connectivity index (χ2v) is 3.40. The monoisotopic (exact) mass is 223 g/mol. The van der Waals surface area contributed by atoms with Crippen LogP contribution < -0.4 is 0 Å². The van der Waals surface area contributed by atoms with Gasteiger partial charge in [0.05, 0.1) is 11.0 Å². The molecule has 86 valence electrons. The molecule has 1 aromatic rings. The van der Waals surface area contributed by atoms with Gasteiger partial charge in [-0.1, -0.05) is 19.1 Å². The van der Waals surface area contributed by atoms with Crippen LogP contribution >= 0.6 is 0 Å². The molecule has 1 atom stereocenters. The minimum atomic E-state index is -0.651. The molecule has 1 rings (SSSR count). The fourth-order valence-corrected chi connectivity index (χ4v) is 1.14. The summed E-state index contributed by atoms with van der Waals surface area (Å²) >= 11 is 0. The molecule has 1 aromatic carbocycles. The second kappa shape index (κ2) is 5.25. The molecule has 0 fully saturated rings. The summed E-state index contributed by atoms with van der Waals surface area (Å²) in [5.74, 6) is -0.651. The Hall–Kier alpha value is -1.91.